The van der Waals surface area contributed by atoms with Gasteiger partial charge in [-0.3, -0.25) is 4.79 Å². The second kappa shape index (κ2) is 4.26. The van der Waals surface area contributed by atoms with Crippen molar-refractivity contribution in [1.82, 2.24) is 4.57 Å². The maximum atomic E-state index is 11.9. The van der Waals surface area contributed by atoms with Gasteiger partial charge in [-0.05, 0) is 13.0 Å². The number of ether oxygens (including phenoxy) is 2. The summed E-state index contributed by atoms with van der Waals surface area (Å²) in [5.41, 5.74) is 1.55. The Kier molecular flexibility index (Phi) is 2.67. The number of Topliss-reactive ketones (excluding diaryl/α,β-unsaturated/α-hetero) is 1. The molecule has 0 fully saturated rings. The van der Waals surface area contributed by atoms with E-state index in [1.165, 1.54) is 0 Å². The largest absolute Gasteiger partial charge is 0.486 e. The average molecular weight is 275 g/mol. The minimum atomic E-state index is -1.46. The van der Waals surface area contributed by atoms with E-state index in [0.717, 1.165) is 5.52 Å². The Morgan fingerprint density at radius 3 is 2.40 bits per heavy atom. The monoisotopic (exact) mass is 275 g/mol. The Morgan fingerprint density at radius 2 is 1.80 bits per heavy atom. The van der Waals surface area contributed by atoms with Gasteiger partial charge in [0.05, 0.1) is 11.1 Å². The van der Waals surface area contributed by atoms with Crippen LogP contribution >= 0.6 is 0 Å². The molecule has 6 nitrogen and oxygen atoms in total. The molecule has 0 radical (unpaired) electrons. The first-order chi connectivity index (χ1) is 9.50. The van der Waals surface area contributed by atoms with Crippen molar-refractivity contribution in [2.45, 2.75) is 6.92 Å². The summed E-state index contributed by atoms with van der Waals surface area (Å²) in [6.45, 7) is 2.63. The maximum Gasteiger partial charge on any atom is 0.377 e. The number of hydrogen-bond acceptors (Lipinski definition) is 4. The van der Waals surface area contributed by atoms with Gasteiger partial charge in [0, 0.05) is 24.2 Å². The molecule has 0 bridgehead atoms. The van der Waals surface area contributed by atoms with Crippen molar-refractivity contribution in [3.8, 4) is 11.5 Å². The fourth-order valence-electron chi connectivity index (χ4n) is 2.49. The average Bonchev–Trinajstić information content (AvgIpc) is 2.68. The summed E-state index contributed by atoms with van der Waals surface area (Å²) >= 11 is 0. The molecule has 0 spiro atoms. The highest BCUT2D eigenvalue weighted by Gasteiger charge is 2.25. The van der Waals surface area contributed by atoms with Crippen molar-refractivity contribution >= 4 is 22.7 Å². The molecule has 104 valence electrons. The zero-order valence-electron chi connectivity index (χ0n) is 11.1. The Balaban J connectivity index is 2.33. The topological polar surface area (TPSA) is 77.8 Å². The number of rotatable bonds is 2. The van der Waals surface area contributed by atoms with Gasteiger partial charge in [-0.1, -0.05) is 0 Å². The molecule has 1 aliphatic heterocycles. The van der Waals surface area contributed by atoms with Crippen molar-refractivity contribution in [2.75, 3.05) is 13.2 Å². The molecule has 0 amide bonds. The van der Waals surface area contributed by atoms with Gasteiger partial charge in [0.2, 0.25) is 0 Å². The molecule has 1 aliphatic rings. The quantitative estimate of drug-likeness (QED) is 0.664. The number of carboxylic acid groups (broad SMARTS) is 1. The third-order valence-electron chi connectivity index (χ3n) is 3.58. The smallest absolute Gasteiger partial charge is 0.377 e. The minimum Gasteiger partial charge on any atom is -0.486 e. The van der Waals surface area contributed by atoms with Crippen LogP contribution in [0.5, 0.6) is 11.5 Å². The zero-order valence-corrected chi connectivity index (χ0v) is 11.1. The van der Waals surface area contributed by atoms with Crippen LogP contribution < -0.4 is 9.47 Å². The van der Waals surface area contributed by atoms with E-state index < -0.39 is 11.8 Å². The number of carbonyl (C=O) groups is 2. The number of carboxylic acids is 1. The molecule has 0 saturated carbocycles. The van der Waals surface area contributed by atoms with Gasteiger partial charge in [-0.15, -0.1) is 0 Å². The number of aliphatic carboxylic acids is 1. The van der Waals surface area contributed by atoms with Gasteiger partial charge in [0.1, 0.15) is 13.2 Å². The molecule has 0 aliphatic carbocycles. The van der Waals surface area contributed by atoms with E-state index >= 15 is 0 Å². The van der Waals surface area contributed by atoms with E-state index in [9.17, 15) is 9.59 Å². The van der Waals surface area contributed by atoms with Crippen molar-refractivity contribution in [3.05, 3.63) is 23.4 Å². The van der Waals surface area contributed by atoms with Crippen molar-refractivity contribution in [3.63, 3.8) is 0 Å². The number of carbonyl (C=O) groups excluding carboxylic acids is 1. The third-order valence-corrected chi connectivity index (χ3v) is 3.58. The van der Waals surface area contributed by atoms with Crippen LogP contribution in [-0.2, 0) is 11.8 Å². The van der Waals surface area contributed by atoms with Gasteiger partial charge in [-0.2, -0.15) is 0 Å². The number of aromatic nitrogens is 1. The maximum absolute atomic E-state index is 11.9. The molecule has 3 rings (SSSR count). The minimum absolute atomic E-state index is 0.201. The normalized spacial score (nSPS) is 13.5. The Bertz CT molecular complexity index is 744. The molecule has 2 aromatic rings. The summed E-state index contributed by atoms with van der Waals surface area (Å²) in [6, 6.07) is 3.45. The van der Waals surface area contributed by atoms with Crippen LogP contribution in [0.4, 0.5) is 0 Å². The summed E-state index contributed by atoms with van der Waals surface area (Å²) in [6.07, 6.45) is 0. The predicted molar refractivity (Wildman–Crippen MR) is 70.6 cm³/mol. The van der Waals surface area contributed by atoms with E-state index in [1.807, 2.05) is 0 Å². The van der Waals surface area contributed by atoms with Gasteiger partial charge in [0.15, 0.2) is 11.5 Å². The molecular formula is C14H13NO5. The number of ketones is 1. The van der Waals surface area contributed by atoms with E-state index in [-0.39, 0.29) is 5.56 Å². The second-order valence-electron chi connectivity index (χ2n) is 4.67. The van der Waals surface area contributed by atoms with E-state index in [0.29, 0.717) is 35.8 Å². The standard InChI is InChI=1S/C14H13NO5/c1-7-12(13(16)14(17)18)8-5-10-11(20-4-3-19-10)6-9(8)15(7)2/h5-6H,3-4H2,1-2H3,(H,17,18). The molecular weight excluding hydrogens is 262 g/mol. The molecule has 0 unspecified atom stereocenters. The fraction of sp³-hybridized carbons (Fsp3) is 0.286. The zero-order chi connectivity index (χ0) is 14.4. The second-order valence-corrected chi connectivity index (χ2v) is 4.67. The highest BCUT2D eigenvalue weighted by molar-refractivity contribution is 6.42. The number of hydrogen-bond donors (Lipinski definition) is 1. The molecule has 6 heteroatoms. The summed E-state index contributed by atoms with van der Waals surface area (Å²) in [7, 11) is 1.78. The van der Waals surface area contributed by atoms with Crippen molar-refractivity contribution in [1.29, 1.82) is 0 Å². The first-order valence-corrected chi connectivity index (χ1v) is 6.17. The number of aryl methyl sites for hydroxylation is 1. The molecule has 1 aromatic heterocycles. The molecule has 0 atom stereocenters. The highest BCUT2D eigenvalue weighted by atomic mass is 16.6. The fourth-order valence-corrected chi connectivity index (χ4v) is 2.49. The van der Waals surface area contributed by atoms with Crippen LogP contribution in [0.3, 0.4) is 0 Å². The first-order valence-electron chi connectivity index (χ1n) is 6.17. The van der Waals surface area contributed by atoms with Crippen LogP contribution in [0.25, 0.3) is 10.9 Å². The van der Waals surface area contributed by atoms with E-state index in [4.69, 9.17) is 14.6 Å². The lowest BCUT2D eigenvalue weighted by atomic mass is 10.1. The SMILES string of the molecule is Cc1c(C(=O)C(=O)O)c2cc3c(cc2n1C)OCCO3. The molecule has 1 N–H and O–H groups in total. The van der Waals surface area contributed by atoms with Crippen LogP contribution in [-0.4, -0.2) is 34.6 Å². The number of nitrogens with zero attached hydrogens (tertiary/aromatic N) is 1. The highest BCUT2D eigenvalue weighted by Crippen LogP contribution is 2.37. The molecule has 2 heterocycles. The van der Waals surface area contributed by atoms with Crippen LogP contribution in [0.2, 0.25) is 0 Å². The van der Waals surface area contributed by atoms with E-state index in [1.54, 1.807) is 30.7 Å². The Morgan fingerprint density at radius 1 is 1.20 bits per heavy atom. The Labute approximate surface area is 114 Å². The molecule has 1 aromatic carbocycles. The van der Waals surface area contributed by atoms with Crippen LogP contribution in [0, 0.1) is 6.92 Å². The molecule has 0 saturated heterocycles. The van der Waals surface area contributed by atoms with Crippen LogP contribution in [0.15, 0.2) is 12.1 Å². The lowest BCUT2D eigenvalue weighted by Gasteiger charge is -2.18. The Hall–Kier alpha value is -2.50. The predicted octanol–water partition coefficient (Wildman–Crippen LogP) is 1.53. The summed E-state index contributed by atoms with van der Waals surface area (Å²) < 4.78 is 12.8. The van der Waals surface area contributed by atoms with Crippen molar-refractivity contribution in [2.24, 2.45) is 7.05 Å². The summed E-state index contributed by atoms with van der Waals surface area (Å²) in [5.74, 6) is -1.23. The van der Waals surface area contributed by atoms with Gasteiger partial charge in [-0.25, -0.2) is 4.79 Å². The van der Waals surface area contributed by atoms with Gasteiger partial charge in [0.25, 0.3) is 5.78 Å². The molecule has 20 heavy (non-hydrogen) atoms. The van der Waals surface area contributed by atoms with Gasteiger partial charge < -0.3 is 19.1 Å². The number of benzene rings is 1. The number of fused-ring (bicyclic) bond motifs is 2. The third kappa shape index (κ3) is 1.65. The van der Waals surface area contributed by atoms with Crippen LogP contribution in [0.1, 0.15) is 16.1 Å². The first kappa shape index (κ1) is 12.5. The van der Waals surface area contributed by atoms with Crippen molar-refractivity contribution < 1.29 is 24.2 Å². The summed E-state index contributed by atoms with van der Waals surface area (Å²) in [4.78, 5) is 22.9. The lowest BCUT2D eigenvalue weighted by Crippen LogP contribution is -2.15. The van der Waals surface area contributed by atoms with Gasteiger partial charge >= 0.3 is 5.97 Å². The van der Waals surface area contributed by atoms with E-state index in [2.05, 4.69) is 0 Å². The summed E-state index contributed by atoms with van der Waals surface area (Å²) in [5, 5.41) is 9.52. The lowest BCUT2D eigenvalue weighted by molar-refractivity contribution is -0.131.